The highest BCUT2D eigenvalue weighted by Crippen LogP contribution is 2.33. The second kappa shape index (κ2) is 10.2. The van der Waals surface area contributed by atoms with Crippen LogP contribution < -0.4 is 0 Å². The molecule has 0 bridgehead atoms. The number of Topliss-reactive ketones (excluding diaryl/α,β-unsaturated/α-hetero) is 1. The summed E-state index contributed by atoms with van der Waals surface area (Å²) in [5.41, 5.74) is -1.71. The Kier molecular flexibility index (Phi) is 9.11. The molecular formula is C16H22O9. The van der Waals surface area contributed by atoms with Crippen molar-refractivity contribution in [2.24, 2.45) is 5.41 Å². The molecule has 0 rings (SSSR count). The SMILES string of the molecule is C=C(C)C(=O)OCCOC(=O)C(CCC(=O)O)(CCC(=O)O)C(C)=O. The molecule has 0 aliphatic heterocycles. The first-order valence-corrected chi connectivity index (χ1v) is 7.47. The molecule has 0 aliphatic carbocycles. The average molecular weight is 358 g/mol. The van der Waals surface area contributed by atoms with Gasteiger partial charge in [0.15, 0.2) is 0 Å². The fraction of sp³-hybridized carbons (Fsp3) is 0.562. The fourth-order valence-corrected chi connectivity index (χ4v) is 2.00. The minimum atomic E-state index is -1.87. The Hall–Kier alpha value is -2.71. The summed E-state index contributed by atoms with van der Waals surface area (Å²) < 4.78 is 9.65. The van der Waals surface area contributed by atoms with Crippen LogP contribution in [0.15, 0.2) is 12.2 Å². The van der Waals surface area contributed by atoms with Crippen molar-refractivity contribution in [1.82, 2.24) is 0 Å². The van der Waals surface area contributed by atoms with E-state index < -0.39 is 47.9 Å². The minimum Gasteiger partial charge on any atom is -0.481 e. The van der Waals surface area contributed by atoms with Crippen LogP contribution in [0.4, 0.5) is 0 Å². The van der Waals surface area contributed by atoms with Gasteiger partial charge in [-0.05, 0) is 26.7 Å². The van der Waals surface area contributed by atoms with Crippen molar-refractivity contribution in [1.29, 1.82) is 0 Å². The van der Waals surface area contributed by atoms with Crippen LogP contribution in [-0.4, -0.2) is 53.1 Å². The van der Waals surface area contributed by atoms with Crippen LogP contribution in [0.3, 0.4) is 0 Å². The lowest BCUT2D eigenvalue weighted by Crippen LogP contribution is -2.41. The Morgan fingerprint density at radius 3 is 1.68 bits per heavy atom. The number of carboxylic acid groups (broad SMARTS) is 2. The van der Waals surface area contributed by atoms with Crippen LogP contribution >= 0.6 is 0 Å². The van der Waals surface area contributed by atoms with Crippen LogP contribution in [0.2, 0.25) is 0 Å². The number of esters is 2. The Balaban J connectivity index is 5.02. The van der Waals surface area contributed by atoms with E-state index >= 15 is 0 Å². The summed E-state index contributed by atoms with van der Waals surface area (Å²) in [7, 11) is 0. The topological polar surface area (TPSA) is 144 Å². The van der Waals surface area contributed by atoms with E-state index in [1.807, 2.05) is 0 Å². The van der Waals surface area contributed by atoms with Gasteiger partial charge < -0.3 is 19.7 Å². The molecule has 9 heteroatoms. The first-order chi connectivity index (χ1) is 11.5. The molecule has 0 fully saturated rings. The van der Waals surface area contributed by atoms with E-state index in [4.69, 9.17) is 19.7 Å². The van der Waals surface area contributed by atoms with Gasteiger partial charge in [-0.3, -0.25) is 19.2 Å². The molecule has 2 N–H and O–H groups in total. The van der Waals surface area contributed by atoms with Crippen LogP contribution in [0.5, 0.6) is 0 Å². The van der Waals surface area contributed by atoms with Crippen molar-refractivity contribution >= 4 is 29.7 Å². The average Bonchev–Trinajstić information content (AvgIpc) is 2.50. The molecule has 0 amide bonds. The molecule has 0 aromatic heterocycles. The predicted octanol–water partition coefficient (Wildman–Crippen LogP) is 0.954. The summed E-state index contributed by atoms with van der Waals surface area (Å²) in [4.78, 5) is 57.1. The van der Waals surface area contributed by atoms with Gasteiger partial charge in [-0.15, -0.1) is 0 Å². The van der Waals surface area contributed by atoms with E-state index in [9.17, 15) is 24.0 Å². The third kappa shape index (κ3) is 7.60. The van der Waals surface area contributed by atoms with E-state index in [1.165, 1.54) is 6.92 Å². The van der Waals surface area contributed by atoms with E-state index in [0.717, 1.165) is 6.92 Å². The predicted molar refractivity (Wildman–Crippen MR) is 83.6 cm³/mol. The van der Waals surface area contributed by atoms with E-state index in [0.29, 0.717) is 0 Å². The molecule has 0 unspecified atom stereocenters. The van der Waals surface area contributed by atoms with Crippen molar-refractivity contribution in [3.63, 3.8) is 0 Å². The van der Waals surface area contributed by atoms with Gasteiger partial charge in [0.2, 0.25) is 0 Å². The molecule has 0 radical (unpaired) electrons. The Morgan fingerprint density at radius 1 is 0.880 bits per heavy atom. The van der Waals surface area contributed by atoms with Crippen molar-refractivity contribution in [3.8, 4) is 0 Å². The molecule has 140 valence electrons. The van der Waals surface area contributed by atoms with Gasteiger partial charge in [0.1, 0.15) is 24.4 Å². The molecule has 0 atom stereocenters. The van der Waals surface area contributed by atoms with Gasteiger partial charge in [0.25, 0.3) is 0 Å². The summed E-state index contributed by atoms with van der Waals surface area (Å²) in [5, 5.41) is 17.6. The molecule has 0 heterocycles. The van der Waals surface area contributed by atoms with Crippen LogP contribution in [0.1, 0.15) is 39.5 Å². The third-order valence-corrected chi connectivity index (χ3v) is 3.49. The van der Waals surface area contributed by atoms with E-state index in [2.05, 4.69) is 6.58 Å². The van der Waals surface area contributed by atoms with Gasteiger partial charge in [-0.2, -0.15) is 0 Å². The summed E-state index contributed by atoms with van der Waals surface area (Å²) in [6.45, 7) is 5.26. The maximum Gasteiger partial charge on any atom is 0.333 e. The maximum atomic E-state index is 12.3. The largest absolute Gasteiger partial charge is 0.481 e. The Bertz CT molecular complexity index is 544. The van der Waals surface area contributed by atoms with Gasteiger partial charge in [0.05, 0.1) is 0 Å². The van der Waals surface area contributed by atoms with Crippen molar-refractivity contribution in [2.45, 2.75) is 39.5 Å². The minimum absolute atomic E-state index is 0.160. The van der Waals surface area contributed by atoms with Gasteiger partial charge in [-0.1, -0.05) is 6.58 Å². The summed E-state index contributed by atoms with van der Waals surface area (Å²) in [6, 6.07) is 0. The number of carbonyl (C=O) groups excluding carboxylic acids is 3. The molecule has 9 nitrogen and oxygen atoms in total. The number of aliphatic carboxylic acids is 2. The number of hydrogen-bond donors (Lipinski definition) is 2. The number of hydrogen-bond acceptors (Lipinski definition) is 7. The third-order valence-electron chi connectivity index (χ3n) is 3.49. The lowest BCUT2D eigenvalue weighted by Gasteiger charge is -2.28. The maximum absolute atomic E-state index is 12.3. The number of rotatable bonds is 12. The molecule has 25 heavy (non-hydrogen) atoms. The van der Waals surface area contributed by atoms with Crippen molar-refractivity contribution < 1.29 is 43.7 Å². The smallest absolute Gasteiger partial charge is 0.333 e. The molecule has 0 saturated carbocycles. The van der Waals surface area contributed by atoms with Gasteiger partial charge in [0, 0.05) is 18.4 Å². The fourth-order valence-electron chi connectivity index (χ4n) is 2.00. The van der Waals surface area contributed by atoms with E-state index in [1.54, 1.807) is 0 Å². The second-order valence-corrected chi connectivity index (χ2v) is 5.48. The molecule has 0 aliphatic rings. The molecular weight excluding hydrogens is 336 g/mol. The quantitative estimate of drug-likeness (QED) is 0.225. The summed E-state index contributed by atoms with van der Waals surface area (Å²) >= 11 is 0. The number of ether oxygens (including phenoxy) is 2. The molecule has 0 spiro atoms. The standard InChI is InChI=1S/C16H22O9/c1-10(2)14(22)24-8-9-25-15(23)16(11(3)17,6-4-12(18)19)7-5-13(20)21/h1,4-9H2,2-3H3,(H,18,19)(H,20,21). The van der Waals surface area contributed by atoms with Crippen LogP contribution in [0.25, 0.3) is 0 Å². The van der Waals surface area contributed by atoms with Crippen LogP contribution in [-0.2, 0) is 33.4 Å². The Morgan fingerprint density at radius 2 is 1.32 bits per heavy atom. The Labute approximate surface area is 144 Å². The second-order valence-electron chi connectivity index (χ2n) is 5.48. The zero-order chi connectivity index (χ0) is 19.6. The lowest BCUT2D eigenvalue weighted by atomic mass is 9.75. The highest BCUT2D eigenvalue weighted by atomic mass is 16.6. The van der Waals surface area contributed by atoms with E-state index in [-0.39, 0.29) is 31.6 Å². The lowest BCUT2D eigenvalue weighted by molar-refractivity contribution is -0.165. The summed E-state index contributed by atoms with van der Waals surface area (Å²) in [6.07, 6.45) is -1.76. The number of carbonyl (C=O) groups is 5. The molecule has 0 saturated heterocycles. The highest BCUT2D eigenvalue weighted by molar-refractivity contribution is 6.03. The van der Waals surface area contributed by atoms with Crippen molar-refractivity contribution in [3.05, 3.63) is 12.2 Å². The molecule has 0 aromatic carbocycles. The molecule has 0 aromatic rings. The van der Waals surface area contributed by atoms with Gasteiger partial charge in [-0.25, -0.2) is 4.79 Å². The number of carboxylic acids is 2. The monoisotopic (exact) mass is 358 g/mol. The zero-order valence-corrected chi connectivity index (χ0v) is 14.2. The normalized spacial score (nSPS) is 10.6. The first-order valence-electron chi connectivity index (χ1n) is 7.47. The van der Waals surface area contributed by atoms with Gasteiger partial charge >= 0.3 is 23.9 Å². The van der Waals surface area contributed by atoms with Crippen molar-refractivity contribution in [2.75, 3.05) is 13.2 Å². The highest BCUT2D eigenvalue weighted by Gasteiger charge is 2.45. The number of ketones is 1. The van der Waals surface area contributed by atoms with Crippen LogP contribution in [0, 0.1) is 5.41 Å². The first kappa shape index (κ1) is 22.3. The summed E-state index contributed by atoms with van der Waals surface area (Å²) in [5.74, 6) is -4.85. The zero-order valence-electron chi connectivity index (χ0n) is 14.2.